The van der Waals surface area contributed by atoms with Gasteiger partial charge in [0.2, 0.25) is 0 Å². The molecule has 1 unspecified atom stereocenters. The summed E-state index contributed by atoms with van der Waals surface area (Å²) < 4.78 is 5.46. The molecule has 3 heteroatoms. The van der Waals surface area contributed by atoms with Crippen molar-refractivity contribution in [3.05, 3.63) is 22.6 Å². The number of nitrogens with one attached hydrogen (secondary N) is 1. The third-order valence-electron chi connectivity index (χ3n) is 2.69. The van der Waals surface area contributed by atoms with Crippen LogP contribution in [0.15, 0.2) is 10.5 Å². The minimum absolute atomic E-state index is 0.197. The first-order chi connectivity index (χ1) is 6.48. The number of hydrogen-bond donors (Lipinski definition) is 1. The van der Waals surface area contributed by atoms with Crippen molar-refractivity contribution >= 4 is 11.6 Å². The maximum Gasteiger partial charge on any atom is 0.193 e. The first-order valence-corrected chi connectivity index (χ1v) is 5.38. The van der Waals surface area contributed by atoms with E-state index in [-0.39, 0.29) is 5.41 Å². The van der Waals surface area contributed by atoms with Crippen molar-refractivity contribution in [3.63, 3.8) is 0 Å². The van der Waals surface area contributed by atoms with E-state index in [9.17, 15) is 0 Å². The van der Waals surface area contributed by atoms with Crippen LogP contribution in [-0.2, 0) is 6.42 Å². The molecular weight excluding hydrogens is 198 g/mol. The van der Waals surface area contributed by atoms with E-state index in [4.69, 9.17) is 16.0 Å². The molecule has 0 amide bonds. The fraction of sp³-hybridized carbons (Fsp3) is 0.636. The lowest BCUT2D eigenvalue weighted by Gasteiger charge is -2.34. The molecule has 1 atom stereocenters. The zero-order valence-electron chi connectivity index (χ0n) is 8.86. The molecule has 0 saturated heterocycles. The second kappa shape index (κ2) is 3.28. The lowest BCUT2D eigenvalue weighted by molar-refractivity contribution is 0.256. The minimum Gasteiger partial charge on any atom is -0.449 e. The van der Waals surface area contributed by atoms with Crippen LogP contribution in [0.2, 0.25) is 5.22 Å². The van der Waals surface area contributed by atoms with Gasteiger partial charge in [-0.15, -0.1) is 0 Å². The van der Waals surface area contributed by atoms with E-state index in [1.165, 1.54) is 5.56 Å². The summed E-state index contributed by atoms with van der Waals surface area (Å²) in [5, 5.41) is 4.02. The van der Waals surface area contributed by atoms with E-state index in [0.29, 0.717) is 11.3 Å². The van der Waals surface area contributed by atoms with Crippen LogP contribution >= 0.6 is 11.6 Å². The highest BCUT2D eigenvalue weighted by Crippen LogP contribution is 2.38. The third-order valence-corrected chi connectivity index (χ3v) is 2.88. The standard InChI is InChI=1S/C11H16ClNO/c1-11(2,3)10-7-6-9(12)14-8(7)4-5-13-10/h6,10,13H,4-5H2,1-3H3. The van der Waals surface area contributed by atoms with E-state index < -0.39 is 0 Å². The van der Waals surface area contributed by atoms with Gasteiger partial charge in [0, 0.05) is 30.6 Å². The number of fused-ring (bicyclic) bond motifs is 1. The first-order valence-electron chi connectivity index (χ1n) is 5.00. The molecule has 1 aromatic rings. The Hall–Kier alpha value is -0.470. The van der Waals surface area contributed by atoms with Crippen LogP contribution in [0.1, 0.15) is 38.1 Å². The molecule has 1 N–H and O–H groups in total. The quantitative estimate of drug-likeness (QED) is 0.716. The topological polar surface area (TPSA) is 25.2 Å². The molecule has 2 heterocycles. The highest BCUT2D eigenvalue weighted by molar-refractivity contribution is 6.28. The van der Waals surface area contributed by atoms with E-state index in [0.717, 1.165) is 18.7 Å². The predicted molar refractivity (Wildman–Crippen MR) is 57.6 cm³/mol. The molecule has 0 aliphatic carbocycles. The Morgan fingerprint density at radius 3 is 2.86 bits per heavy atom. The van der Waals surface area contributed by atoms with E-state index >= 15 is 0 Å². The molecule has 1 aliphatic rings. The Morgan fingerprint density at radius 1 is 1.50 bits per heavy atom. The summed E-state index contributed by atoms with van der Waals surface area (Å²) in [6, 6.07) is 2.29. The van der Waals surface area contributed by atoms with Crippen LogP contribution < -0.4 is 5.32 Å². The van der Waals surface area contributed by atoms with Gasteiger partial charge in [-0.3, -0.25) is 0 Å². The molecule has 2 nitrogen and oxygen atoms in total. The molecule has 2 rings (SSSR count). The first kappa shape index (κ1) is 10.1. The largest absolute Gasteiger partial charge is 0.449 e. The maximum atomic E-state index is 5.87. The zero-order chi connectivity index (χ0) is 10.3. The molecule has 0 radical (unpaired) electrons. The second-order valence-electron chi connectivity index (χ2n) is 4.93. The number of halogens is 1. The summed E-state index contributed by atoms with van der Waals surface area (Å²) in [6.45, 7) is 7.64. The third kappa shape index (κ3) is 1.69. The molecule has 14 heavy (non-hydrogen) atoms. The Labute approximate surface area is 89.6 Å². The van der Waals surface area contributed by atoms with Crippen molar-refractivity contribution < 1.29 is 4.42 Å². The minimum atomic E-state index is 0.197. The fourth-order valence-electron chi connectivity index (χ4n) is 2.06. The predicted octanol–water partition coefficient (Wildman–Crippen LogP) is 3.17. The van der Waals surface area contributed by atoms with Gasteiger partial charge in [0.05, 0.1) is 0 Å². The monoisotopic (exact) mass is 213 g/mol. The lowest BCUT2D eigenvalue weighted by atomic mass is 9.80. The summed E-state index contributed by atoms with van der Waals surface area (Å²) in [6.07, 6.45) is 0.939. The Kier molecular flexibility index (Phi) is 2.36. The summed E-state index contributed by atoms with van der Waals surface area (Å²) in [5.74, 6) is 1.05. The van der Waals surface area contributed by atoms with Gasteiger partial charge in [0.25, 0.3) is 0 Å². The Balaban J connectivity index is 2.40. The number of furan rings is 1. The highest BCUT2D eigenvalue weighted by Gasteiger charge is 2.32. The molecule has 0 bridgehead atoms. The average molecular weight is 214 g/mol. The number of hydrogen-bond acceptors (Lipinski definition) is 2. The molecule has 78 valence electrons. The van der Waals surface area contributed by atoms with Gasteiger partial charge in [-0.25, -0.2) is 0 Å². The van der Waals surface area contributed by atoms with Crippen molar-refractivity contribution in [2.45, 2.75) is 33.2 Å². The average Bonchev–Trinajstić information content (AvgIpc) is 2.41. The van der Waals surface area contributed by atoms with Crippen molar-refractivity contribution in [2.24, 2.45) is 5.41 Å². The smallest absolute Gasteiger partial charge is 0.193 e. The molecule has 0 saturated carbocycles. The van der Waals surface area contributed by atoms with Crippen molar-refractivity contribution in [1.29, 1.82) is 0 Å². The van der Waals surface area contributed by atoms with Gasteiger partial charge in [0.15, 0.2) is 5.22 Å². The van der Waals surface area contributed by atoms with Crippen LogP contribution in [0.25, 0.3) is 0 Å². The van der Waals surface area contributed by atoms with Crippen LogP contribution in [0.5, 0.6) is 0 Å². The van der Waals surface area contributed by atoms with Crippen LogP contribution in [0.3, 0.4) is 0 Å². The molecular formula is C11H16ClNO. The Bertz CT molecular complexity index is 338. The molecule has 0 spiro atoms. The summed E-state index contributed by atoms with van der Waals surface area (Å²) >= 11 is 5.87. The van der Waals surface area contributed by atoms with Crippen LogP contribution in [0.4, 0.5) is 0 Å². The molecule has 1 aromatic heterocycles. The number of rotatable bonds is 0. The highest BCUT2D eigenvalue weighted by atomic mass is 35.5. The molecule has 0 aromatic carbocycles. The van der Waals surface area contributed by atoms with E-state index in [2.05, 4.69) is 26.1 Å². The van der Waals surface area contributed by atoms with Crippen molar-refractivity contribution in [2.75, 3.05) is 6.54 Å². The van der Waals surface area contributed by atoms with Gasteiger partial charge >= 0.3 is 0 Å². The molecule has 0 fully saturated rings. The second-order valence-corrected chi connectivity index (χ2v) is 5.30. The maximum absolute atomic E-state index is 5.87. The van der Waals surface area contributed by atoms with E-state index in [1.54, 1.807) is 0 Å². The van der Waals surface area contributed by atoms with Gasteiger partial charge < -0.3 is 9.73 Å². The van der Waals surface area contributed by atoms with Gasteiger partial charge in [-0.05, 0) is 17.0 Å². The van der Waals surface area contributed by atoms with Gasteiger partial charge in [-0.2, -0.15) is 0 Å². The lowest BCUT2D eigenvalue weighted by Crippen LogP contribution is -2.37. The summed E-state index contributed by atoms with van der Waals surface area (Å²) in [5.41, 5.74) is 1.43. The molecule has 1 aliphatic heterocycles. The normalized spacial score (nSPS) is 22.1. The fourth-order valence-corrected chi connectivity index (χ4v) is 2.27. The van der Waals surface area contributed by atoms with Gasteiger partial charge in [-0.1, -0.05) is 20.8 Å². The zero-order valence-corrected chi connectivity index (χ0v) is 9.61. The Morgan fingerprint density at radius 2 is 2.21 bits per heavy atom. The van der Waals surface area contributed by atoms with Crippen molar-refractivity contribution in [1.82, 2.24) is 5.32 Å². The van der Waals surface area contributed by atoms with Crippen molar-refractivity contribution in [3.8, 4) is 0 Å². The van der Waals surface area contributed by atoms with Crippen LogP contribution in [-0.4, -0.2) is 6.54 Å². The van der Waals surface area contributed by atoms with E-state index in [1.807, 2.05) is 6.07 Å². The van der Waals surface area contributed by atoms with Gasteiger partial charge in [0.1, 0.15) is 5.76 Å². The summed E-state index contributed by atoms with van der Waals surface area (Å²) in [7, 11) is 0. The van der Waals surface area contributed by atoms with Crippen LogP contribution in [0, 0.1) is 5.41 Å². The SMILES string of the molecule is CC(C)(C)C1NCCc2oc(Cl)cc21. The summed E-state index contributed by atoms with van der Waals surface area (Å²) in [4.78, 5) is 0.